The summed E-state index contributed by atoms with van der Waals surface area (Å²) in [7, 11) is 1.58. The predicted molar refractivity (Wildman–Crippen MR) is 99.3 cm³/mol. The summed E-state index contributed by atoms with van der Waals surface area (Å²) in [4.78, 5) is 25.9. The van der Waals surface area contributed by atoms with E-state index in [0.717, 1.165) is 11.1 Å². The van der Waals surface area contributed by atoms with Crippen molar-refractivity contribution in [1.82, 2.24) is 5.32 Å². The molecule has 2 aromatic rings. The lowest BCUT2D eigenvalue weighted by atomic mass is 10.1. The molecule has 25 heavy (non-hydrogen) atoms. The first-order valence-corrected chi connectivity index (χ1v) is 8.20. The molecule has 0 aliphatic heterocycles. The van der Waals surface area contributed by atoms with Gasteiger partial charge in [0.05, 0.1) is 12.8 Å². The van der Waals surface area contributed by atoms with Gasteiger partial charge in [-0.15, -0.1) is 0 Å². The van der Waals surface area contributed by atoms with Crippen LogP contribution in [0.4, 0.5) is 5.69 Å². The molecular formula is C20H24N2O3. The van der Waals surface area contributed by atoms with Crippen LogP contribution in [0, 0.1) is 13.8 Å². The van der Waals surface area contributed by atoms with Crippen molar-refractivity contribution in [2.45, 2.75) is 20.8 Å². The first kappa shape index (κ1) is 18.5. The molecule has 0 aliphatic carbocycles. The van der Waals surface area contributed by atoms with Gasteiger partial charge < -0.3 is 15.0 Å². The Kier molecular flexibility index (Phi) is 6.17. The van der Waals surface area contributed by atoms with Crippen molar-refractivity contribution < 1.29 is 14.3 Å². The first-order chi connectivity index (χ1) is 11.9. The van der Waals surface area contributed by atoms with Crippen molar-refractivity contribution >= 4 is 17.5 Å². The summed E-state index contributed by atoms with van der Waals surface area (Å²) in [6, 6.07) is 13.0. The lowest BCUT2D eigenvalue weighted by Crippen LogP contribution is -2.37. The van der Waals surface area contributed by atoms with Gasteiger partial charge in [0.15, 0.2) is 0 Å². The highest BCUT2D eigenvalue weighted by Crippen LogP contribution is 2.29. The van der Waals surface area contributed by atoms with Crippen LogP contribution in [-0.4, -0.2) is 32.0 Å². The van der Waals surface area contributed by atoms with Crippen LogP contribution in [-0.2, 0) is 4.79 Å². The molecule has 0 fully saturated rings. The number of nitrogens with zero attached hydrogens (tertiary/aromatic N) is 1. The van der Waals surface area contributed by atoms with Gasteiger partial charge in [-0.2, -0.15) is 0 Å². The zero-order chi connectivity index (χ0) is 18.4. The molecule has 0 bridgehead atoms. The molecule has 0 radical (unpaired) electrons. The molecule has 5 heteroatoms. The molecule has 0 heterocycles. The average Bonchev–Trinajstić information content (AvgIpc) is 2.58. The Labute approximate surface area is 148 Å². The monoisotopic (exact) mass is 340 g/mol. The number of anilines is 1. The molecule has 0 saturated carbocycles. The highest BCUT2D eigenvalue weighted by Gasteiger charge is 2.16. The molecule has 0 spiro atoms. The molecule has 0 atom stereocenters. The van der Waals surface area contributed by atoms with Gasteiger partial charge >= 0.3 is 0 Å². The van der Waals surface area contributed by atoms with E-state index < -0.39 is 0 Å². The zero-order valence-corrected chi connectivity index (χ0v) is 15.1. The van der Waals surface area contributed by atoms with Crippen LogP contribution in [0.5, 0.6) is 5.75 Å². The van der Waals surface area contributed by atoms with Gasteiger partial charge in [-0.05, 0) is 43.7 Å². The molecule has 0 unspecified atom stereocenters. The molecule has 2 aromatic carbocycles. The molecule has 2 rings (SSSR count). The molecule has 132 valence electrons. The average molecular weight is 340 g/mol. The molecule has 0 aromatic heterocycles. The van der Waals surface area contributed by atoms with Crippen LogP contribution in [0.1, 0.15) is 28.4 Å². The minimum atomic E-state index is -0.153. The number of aryl methyl sites for hydroxylation is 2. The summed E-state index contributed by atoms with van der Waals surface area (Å²) in [5.74, 6) is 0.374. The van der Waals surface area contributed by atoms with Crippen molar-refractivity contribution in [1.29, 1.82) is 0 Å². The highest BCUT2D eigenvalue weighted by atomic mass is 16.5. The maximum atomic E-state index is 12.2. The number of amides is 2. The lowest BCUT2D eigenvalue weighted by molar-refractivity contribution is -0.116. The topological polar surface area (TPSA) is 58.6 Å². The summed E-state index contributed by atoms with van der Waals surface area (Å²) < 4.78 is 5.36. The van der Waals surface area contributed by atoms with Crippen LogP contribution < -0.4 is 15.0 Å². The Morgan fingerprint density at radius 1 is 1.04 bits per heavy atom. The van der Waals surface area contributed by atoms with Gasteiger partial charge in [0.2, 0.25) is 5.91 Å². The van der Waals surface area contributed by atoms with Crippen LogP contribution in [0.3, 0.4) is 0 Å². The van der Waals surface area contributed by atoms with E-state index in [1.54, 1.807) is 24.1 Å². The predicted octanol–water partition coefficient (Wildman–Crippen LogP) is 3.09. The fourth-order valence-corrected chi connectivity index (χ4v) is 2.55. The van der Waals surface area contributed by atoms with Gasteiger partial charge in [-0.3, -0.25) is 9.59 Å². The fraction of sp³-hybridized carbons (Fsp3) is 0.300. The van der Waals surface area contributed by atoms with E-state index in [1.165, 1.54) is 6.92 Å². The number of methoxy groups -OCH3 is 1. The lowest BCUT2D eigenvalue weighted by Gasteiger charge is -2.24. The van der Waals surface area contributed by atoms with Gasteiger partial charge in [-0.25, -0.2) is 0 Å². The third-order valence-corrected chi connectivity index (χ3v) is 3.94. The molecule has 2 amide bonds. The Morgan fingerprint density at radius 3 is 2.28 bits per heavy atom. The zero-order valence-electron chi connectivity index (χ0n) is 15.1. The minimum absolute atomic E-state index is 0.103. The maximum Gasteiger partial charge on any atom is 0.251 e. The van der Waals surface area contributed by atoms with Crippen LogP contribution in [0.25, 0.3) is 0 Å². The van der Waals surface area contributed by atoms with Gasteiger partial charge in [0, 0.05) is 25.6 Å². The number of ether oxygens (including phenoxy) is 1. The third kappa shape index (κ3) is 4.83. The summed E-state index contributed by atoms with van der Waals surface area (Å²) in [5.41, 5.74) is 3.45. The Balaban J connectivity index is 2.05. The van der Waals surface area contributed by atoms with Crippen molar-refractivity contribution in [3.63, 3.8) is 0 Å². The SMILES string of the molecule is COc1ccc(C)cc1N(CCNC(=O)c1ccc(C)cc1)C(C)=O. The summed E-state index contributed by atoms with van der Waals surface area (Å²) >= 11 is 0. The van der Waals surface area contributed by atoms with Gasteiger partial charge in [-0.1, -0.05) is 23.8 Å². The minimum Gasteiger partial charge on any atom is -0.495 e. The molecule has 1 N–H and O–H groups in total. The number of carbonyl (C=O) groups excluding carboxylic acids is 2. The van der Waals surface area contributed by atoms with Crippen molar-refractivity contribution in [2.75, 3.05) is 25.1 Å². The molecule has 0 aliphatic rings. The van der Waals surface area contributed by atoms with Crippen LogP contribution in [0.2, 0.25) is 0 Å². The second-order valence-electron chi connectivity index (χ2n) is 5.97. The van der Waals surface area contributed by atoms with E-state index in [0.29, 0.717) is 30.1 Å². The summed E-state index contributed by atoms with van der Waals surface area (Å²) in [5, 5.41) is 2.85. The largest absolute Gasteiger partial charge is 0.495 e. The van der Waals surface area contributed by atoms with E-state index >= 15 is 0 Å². The highest BCUT2D eigenvalue weighted by molar-refractivity contribution is 5.95. The normalized spacial score (nSPS) is 10.2. The third-order valence-electron chi connectivity index (χ3n) is 3.94. The van der Waals surface area contributed by atoms with E-state index in [4.69, 9.17) is 4.74 Å². The number of hydrogen-bond acceptors (Lipinski definition) is 3. The maximum absolute atomic E-state index is 12.2. The number of hydrogen-bond donors (Lipinski definition) is 1. The number of benzene rings is 2. The van der Waals surface area contributed by atoms with E-state index in [-0.39, 0.29) is 11.8 Å². The summed E-state index contributed by atoms with van der Waals surface area (Å²) in [6.07, 6.45) is 0. The Morgan fingerprint density at radius 2 is 1.68 bits per heavy atom. The molecule has 5 nitrogen and oxygen atoms in total. The van der Waals surface area contributed by atoms with Crippen molar-refractivity contribution in [3.8, 4) is 5.75 Å². The second-order valence-corrected chi connectivity index (χ2v) is 5.97. The van der Waals surface area contributed by atoms with E-state index in [9.17, 15) is 9.59 Å². The van der Waals surface area contributed by atoms with Gasteiger partial charge in [0.25, 0.3) is 5.91 Å². The van der Waals surface area contributed by atoms with Crippen LogP contribution >= 0.6 is 0 Å². The molecular weight excluding hydrogens is 316 g/mol. The van der Waals surface area contributed by atoms with E-state index in [1.807, 2.05) is 44.2 Å². The fourth-order valence-electron chi connectivity index (χ4n) is 2.55. The van der Waals surface area contributed by atoms with Crippen LogP contribution in [0.15, 0.2) is 42.5 Å². The number of nitrogens with one attached hydrogen (secondary N) is 1. The molecule has 0 saturated heterocycles. The number of carbonyl (C=O) groups is 2. The standard InChI is InChI=1S/C20H24N2O3/c1-14-5-8-17(9-6-14)20(24)21-11-12-22(16(3)23)18-13-15(2)7-10-19(18)25-4/h5-10,13H,11-12H2,1-4H3,(H,21,24). The van der Waals surface area contributed by atoms with Gasteiger partial charge in [0.1, 0.15) is 5.75 Å². The Hall–Kier alpha value is -2.82. The number of rotatable bonds is 6. The quantitative estimate of drug-likeness (QED) is 0.879. The first-order valence-electron chi connectivity index (χ1n) is 8.20. The smallest absolute Gasteiger partial charge is 0.251 e. The van der Waals surface area contributed by atoms with Crippen molar-refractivity contribution in [2.24, 2.45) is 0 Å². The van der Waals surface area contributed by atoms with Crippen molar-refractivity contribution in [3.05, 3.63) is 59.2 Å². The Bertz CT molecular complexity index is 754. The summed E-state index contributed by atoms with van der Waals surface area (Å²) in [6.45, 7) is 6.15. The second kappa shape index (κ2) is 8.33. The van der Waals surface area contributed by atoms with E-state index in [2.05, 4.69) is 5.32 Å².